The van der Waals surface area contributed by atoms with Gasteiger partial charge in [0.05, 0.1) is 10.9 Å². The second kappa shape index (κ2) is 6.21. The molecule has 0 unspecified atom stereocenters. The van der Waals surface area contributed by atoms with Crippen molar-refractivity contribution in [1.82, 2.24) is 9.97 Å². The Balaban J connectivity index is 2.14. The number of anilines is 2. The van der Waals surface area contributed by atoms with Gasteiger partial charge in [-0.15, -0.1) is 11.3 Å². The number of aromatic nitrogens is 2. The van der Waals surface area contributed by atoms with E-state index in [4.69, 9.17) is 17.3 Å². The van der Waals surface area contributed by atoms with Gasteiger partial charge < -0.3 is 11.1 Å². The molecule has 0 amide bonds. The van der Waals surface area contributed by atoms with Crippen LogP contribution in [0.2, 0.25) is 4.34 Å². The molecule has 6 heteroatoms. The van der Waals surface area contributed by atoms with Crippen molar-refractivity contribution in [3.05, 3.63) is 32.7 Å². The lowest BCUT2D eigenvalue weighted by molar-refractivity contribution is 0.833. The maximum Gasteiger partial charge on any atom is 0.135 e. The lowest BCUT2D eigenvalue weighted by Crippen LogP contribution is -2.09. The average Bonchev–Trinajstić information content (AvgIpc) is 2.78. The molecule has 3 N–H and O–H groups in total. The first-order chi connectivity index (χ1) is 9.10. The van der Waals surface area contributed by atoms with Gasteiger partial charge in [-0.1, -0.05) is 18.5 Å². The second-order valence-electron chi connectivity index (χ2n) is 4.31. The summed E-state index contributed by atoms with van der Waals surface area (Å²) in [5.41, 5.74) is 6.81. The fourth-order valence-corrected chi connectivity index (χ4v) is 2.73. The highest BCUT2D eigenvalue weighted by atomic mass is 35.5. The molecule has 4 nitrogen and oxygen atoms in total. The van der Waals surface area contributed by atoms with Gasteiger partial charge in [0.25, 0.3) is 0 Å². The SMILES string of the molecule is CCCc1nc(N)c(C)c(NCc2ccc(Cl)s2)n1. The lowest BCUT2D eigenvalue weighted by atomic mass is 10.2. The van der Waals surface area contributed by atoms with Gasteiger partial charge in [-0.2, -0.15) is 0 Å². The number of rotatable bonds is 5. The van der Waals surface area contributed by atoms with Gasteiger partial charge >= 0.3 is 0 Å². The van der Waals surface area contributed by atoms with Crippen molar-refractivity contribution in [3.63, 3.8) is 0 Å². The summed E-state index contributed by atoms with van der Waals surface area (Å²) in [6, 6.07) is 3.90. The fraction of sp³-hybridized carbons (Fsp3) is 0.385. The normalized spacial score (nSPS) is 10.7. The molecule has 0 aliphatic heterocycles. The van der Waals surface area contributed by atoms with E-state index in [9.17, 15) is 0 Å². The summed E-state index contributed by atoms with van der Waals surface area (Å²) in [5.74, 6) is 2.14. The van der Waals surface area contributed by atoms with Gasteiger partial charge in [-0.05, 0) is 25.5 Å². The Hall–Kier alpha value is -1.33. The van der Waals surface area contributed by atoms with Crippen LogP contribution in [0.3, 0.4) is 0 Å². The van der Waals surface area contributed by atoms with Crippen molar-refractivity contribution in [2.24, 2.45) is 0 Å². The van der Waals surface area contributed by atoms with Crippen molar-refractivity contribution in [1.29, 1.82) is 0 Å². The average molecular weight is 297 g/mol. The van der Waals surface area contributed by atoms with E-state index in [0.29, 0.717) is 12.4 Å². The first-order valence-corrected chi connectivity index (χ1v) is 7.40. The molecule has 19 heavy (non-hydrogen) atoms. The van der Waals surface area contributed by atoms with Crippen molar-refractivity contribution in [3.8, 4) is 0 Å². The first kappa shape index (κ1) is 14.1. The Morgan fingerprint density at radius 3 is 2.79 bits per heavy atom. The zero-order chi connectivity index (χ0) is 13.8. The molecule has 0 saturated heterocycles. The van der Waals surface area contributed by atoms with E-state index in [1.54, 1.807) is 11.3 Å². The molecule has 0 spiro atoms. The van der Waals surface area contributed by atoms with E-state index < -0.39 is 0 Å². The van der Waals surface area contributed by atoms with Crippen LogP contribution in [0, 0.1) is 6.92 Å². The van der Waals surface area contributed by atoms with Gasteiger partial charge in [0.1, 0.15) is 17.5 Å². The predicted octanol–water partition coefficient (Wildman–Crippen LogP) is 3.65. The monoisotopic (exact) mass is 296 g/mol. The minimum Gasteiger partial charge on any atom is -0.383 e. The van der Waals surface area contributed by atoms with E-state index in [-0.39, 0.29) is 0 Å². The maximum absolute atomic E-state index is 5.92. The van der Waals surface area contributed by atoms with Crippen LogP contribution in [-0.2, 0) is 13.0 Å². The number of aryl methyl sites for hydroxylation is 1. The molecule has 0 bridgehead atoms. The van der Waals surface area contributed by atoms with Gasteiger partial charge in [0.2, 0.25) is 0 Å². The Kier molecular flexibility index (Phi) is 4.61. The molecule has 0 atom stereocenters. The highest BCUT2D eigenvalue weighted by molar-refractivity contribution is 7.16. The largest absolute Gasteiger partial charge is 0.383 e. The fourth-order valence-electron chi connectivity index (χ4n) is 1.71. The Morgan fingerprint density at radius 1 is 1.37 bits per heavy atom. The Morgan fingerprint density at radius 2 is 2.16 bits per heavy atom. The molecule has 0 fully saturated rings. The van der Waals surface area contributed by atoms with Crippen molar-refractivity contribution in [2.75, 3.05) is 11.1 Å². The summed E-state index contributed by atoms with van der Waals surface area (Å²) >= 11 is 7.47. The van der Waals surface area contributed by atoms with Crippen LogP contribution in [-0.4, -0.2) is 9.97 Å². The summed E-state index contributed by atoms with van der Waals surface area (Å²) in [4.78, 5) is 9.97. The third kappa shape index (κ3) is 3.58. The van der Waals surface area contributed by atoms with Gasteiger partial charge in [-0.3, -0.25) is 0 Å². The third-order valence-corrected chi connectivity index (χ3v) is 3.99. The predicted molar refractivity (Wildman–Crippen MR) is 81.8 cm³/mol. The van der Waals surface area contributed by atoms with Crippen LogP contribution < -0.4 is 11.1 Å². The molecule has 0 radical (unpaired) electrons. The summed E-state index contributed by atoms with van der Waals surface area (Å²) in [5, 5.41) is 3.30. The molecular weight excluding hydrogens is 280 g/mol. The highest BCUT2D eigenvalue weighted by Gasteiger charge is 2.08. The zero-order valence-electron chi connectivity index (χ0n) is 11.0. The van der Waals surface area contributed by atoms with Crippen molar-refractivity contribution < 1.29 is 0 Å². The molecule has 2 heterocycles. The van der Waals surface area contributed by atoms with Gasteiger partial charge in [0, 0.05) is 16.9 Å². The minimum absolute atomic E-state index is 0.546. The number of hydrogen-bond donors (Lipinski definition) is 2. The zero-order valence-corrected chi connectivity index (χ0v) is 12.6. The van der Waals surface area contributed by atoms with E-state index >= 15 is 0 Å². The summed E-state index contributed by atoms with van der Waals surface area (Å²) in [6.45, 7) is 4.72. The van der Waals surface area contributed by atoms with Crippen LogP contribution >= 0.6 is 22.9 Å². The maximum atomic E-state index is 5.92. The standard InChI is InChI=1S/C13H17ClN4S/c1-3-4-11-17-12(15)8(2)13(18-11)16-7-9-5-6-10(14)19-9/h5-6H,3-4,7H2,1-2H3,(H3,15,16,17,18). The third-order valence-electron chi connectivity index (χ3n) is 2.76. The molecular formula is C13H17ClN4S. The molecule has 0 aliphatic rings. The van der Waals surface area contributed by atoms with Crippen molar-refractivity contribution >= 4 is 34.6 Å². The molecule has 2 aromatic rings. The number of thiophene rings is 1. The summed E-state index contributed by atoms with van der Waals surface area (Å²) in [7, 11) is 0. The smallest absolute Gasteiger partial charge is 0.135 e. The number of hydrogen-bond acceptors (Lipinski definition) is 5. The Labute approximate surface area is 122 Å². The number of nitrogens with two attached hydrogens (primary N) is 1. The van der Waals surface area contributed by atoms with Crippen molar-refractivity contribution in [2.45, 2.75) is 33.2 Å². The Bertz CT molecular complexity index is 568. The molecule has 0 aromatic carbocycles. The van der Waals surface area contributed by atoms with Gasteiger partial charge in [-0.25, -0.2) is 9.97 Å². The number of nitrogen functional groups attached to an aromatic ring is 1. The molecule has 2 rings (SSSR count). The molecule has 102 valence electrons. The lowest BCUT2D eigenvalue weighted by Gasteiger charge is -2.11. The number of nitrogens with one attached hydrogen (secondary N) is 1. The van der Waals surface area contributed by atoms with Crippen LogP contribution in [0.15, 0.2) is 12.1 Å². The van der Waals surface area contributed by atoms with E-state index in [1.165, 1.54) is 4.88 Å². The summed E-state index contributed by atoms with van der Waals surface area (Å²) in [6.07, 6.45) is 1.84. The molecule has 0 saturated carbocycles. The minimum atomic E-state index is 0.546. The van der Waals surface area contributed by atoms with E-state index in [1.807, 2.05) is 19.1 Å². The van der Waals surface area contributed by atoms with E-state index in [0.717, 1.165) is 34.4 Å². The number of halogens is 1. The van der Waals surface area contributed by atoms with Crippen LogP contribution in [0.25, 0.3) is 0 Å². The van der Waals surface area contributed by atoms with Crippen LogP contribution in [0.5, 0.6) is 0 Å². The molecule has 2 aromatic heterocycles. The second-order valence-corrected chi connectivity index (χ2v) is 6.11. The first-order valence-electron chi connectivity index (χ1n) is 6.21. The topological polar surface area (TPSA) is 63.8 Å². The van der Waals surface area contributed by atoms with Gasteiger partial charge in [0.15, 0.2) is 0 Å². The number of nitrogens with zero attached hydrogens (tertiary/aromatic N) is 2. The van der Waals surface area contributed by atoms with E-state index in [2.05, 4.69) is 22.2 Å². The highest BCUT2D eigenvalue weighted by Crippen LogP contribution is 2.23. The quantitative estimate of drug-likeness (QED) is 0.884. The van der Waals surface area contributed by atoms with Crippen LogP contribution in [0.4, 0.5) is 11.6 Å². The van der Waals surface area contributed by atoms with Crippen LogP contribution in [0.1, 0.15) is 29.6 Å². The summed E-state index contributed by atoms with van der Waals surface area (Å²) < 4.78 is 0.794. The molecule has 0 aliphatic carbocycles.